The first-order chi connectivity index (χ1) is 13.5. The van der Waals surface area contributed by atoms with Crippen LogP contribution < -0.4 is 15.0 Å². The van der Waals surface area contributed by atoms with Crippen LogP contribution in [0.3, 0.4) is 0 Å². The molecule has 8 nitrogen and oxygen atoms in total. The lowest BCUT2D eigenvalue weighted by Gasteiger charge is -2.22. The Kier molecular flexibility index (Phi) is 4.74. The minimum Gasteiger partial charge on any atom is -0.489 e. The molecular weight excluding hydrogens is 358 g/mol. The van der Waals surface area contributed by atoms with E-state index < -0.39 is 12.3 Å². The Morgan fingerprint density at radius 2 is 2.07 bits per heavy atom. The molecule has 3 aromatic rings. The number of aromatic amines is 1. The van der Waals surface area contributed by atoms with Gasteiger partial charge in [0.05, 0.1) is 5.69 Å². The maximum atomic E-state index is 12.9. The van der Waals surface area contributed by atoms with Crippen LogP contribution in [0.25, 0.3) is 11.0 Å². The van der Waals surface area contributed by atoms with Gasteiger partial charge in [-0.15, -0.1) is 0 Å². The molecule has 0 aliphatic carbocycles. The van der Waals surface area contributed by atoms with Crippen molar-refractivity contribution in [1.82, 2.24) is 20.5 Å². The second-order valence-electron chi connectivity index (χ2n) is 7.19. The molecule has 0 radical (unpaired) electrons. The Morgan fingerprint density at radius 1 is 1.29 bits per heavy atom. The number of hydrogen-bond donors (Lipinski definition) is 3. The van der Waals surface area contributed by atoms with Crippen LogP contribution in [0, 0.1) is 0 Å². The predicted octanol–water partition coefficient (Wildman–Crippen LogP) is 2.09. The van der Waals surface area contributed by atoms with E-state index in [1.54, 1.807) is 7.05 Å². The minimum absolute atomic E-state index is 0.105. The number of aliphatic hydroxyl groups is 1. The van der Waals surface area contributed by atoms with Crippen LogP contribution in [0.15, 0.2) is 36.4 Å². The van der Waals surface area contributed by atoms with E-state index in [-0.39, 0.29) is 18.4 Å². The number of para-hydroxylation sites is 2. The van der Waals surface area contributed by atoms with Crippen LogP contribution in [-0.2, 0) is 4.79 Å². The van der Waals surface area contributed by atoms with Crippen molar-refractivity contribution < 1.29 is 14.6 Å². The highest BCUT2D eigenvalue weighted by Crippen LogP contribution is 2.30. The average Bonchev–Trinajstić information content (AvgIpc) is 3.08. The summed E-state index contributed by atoms with van der Waals surface area (Å²) in [6, 6.07) is 10.4. The largest absolute Gasteiger partial charge is 0.489 e. The molecule has 0 spiro atoms. The summed E-state index contributed by atoms with van der Waals surface area (Å²) in [5, 5.41) is 20.7. The number of H-pyrrole nitrogens is 1. The molecule has 1 unspecified atom stereocenters. The second kappa shape index (κ2) is 7.21. The summed E-state index contributed by atoms with van der Waals surface area (Å²) in [4.78, 5) is 19.0. The third-order valence-corrected chi connectivity index (χ3v) is 4.93. The molecule has 3 heterocycles. The van der Waals surface area contributed by atoms with E-state index in [4.69, 9.17) is 4.74 Å². The summed E-state index contributed by atoms with van der Waals surface area (Å²) < 4.78 is 5.78. The number of anilines is 1. The molecule has 1 aromatic carbocycles. The van der Waals surface area contributed by atoms with Gasteiger partial charge in [0.1, 0.15) is 41.4 Å². The molecule has 2 aromatic heterocycles. The summed E-state index contributed by atoms with van der Waals surface area (Å²) >= 11 is 0. The molecule has 3 N–H and O–H groups in total. The predicted molar refractivity (Wildman–Crippen MR) is 105 cm³/mol. The van der Waals surface area contributed by atoms with E-state index in [1.165, 1.54) is 4.90 Å². The first-order valence-corrected chi connectivity index (χ1v) is 9.24. The number of rotatable bonds is 4. The molecule has 0 fully saturated rings. The number of nitrogens with one attached hydrogen (secondary N) is 2. The first kappa shape index (κ1) is 18.4. The average molecular weight is 381 g/mol. The van der Waals surface area contributed by atoms with Crippen LogP contribution in [0.4, 0.5) is 5.69 Å². The van der Waals surface area contributed by atoms with Gasteiger partial charge in [-0.2, -0.15) is 5.10 Å². The van der Waals surface area contributed by atoms with Crippen molar-refractivity contribution in [2.24, 2.45) is 0 Å². The normalized spacial score (nSPS) is 18.1. The van der Waals surface area contributed by atoms with Gasteiger partial charge in [-0.1, -0.05) is 26.0 Å². The van der Waals surface area contributed by atoms with E-state index in [9.17, 15) is 9.90 Å². The number of likely N-dealkylation sites (N-methyl/N-ethyl adjacent to an activating group) is 1. The Morgan fingerprint density at radius 3 is 2.86 bits per heavy atom. The molecule has 2 atom stereocenters. The lowest BCUT2D eigenvalue weighted by atomic mass is 10.1. The molecule has 28 heavy (non-hydrogen) atoms. The molecule has 0 saturated heterocycles. The fourth-order valence-electron chi connectivity index (χ4n) is 3.29. The maximum absolute atomic E-state index is 12.9. The van der Waals surface area contributed by atoms with Gasteiger partial charge in [0.2, 0.25) is 5.91 Å². The van der Waals surface area contributed by atoms with Crippen molar-refractivity contribution >= 4 is 22.6 Å². The van der Waals surface area contributed by atoms with Crippen LogP contribution in [0.1, 0.15) is 37.4 Å². The van der Waals surface area contributed by atoms with Gasteiger partial charge >= 0.3 is 0 Å². The van der Waals surface area contributed by atoms with Crippen molar-refractivity contribution in [3.63, 3.8) is 0 Å². The first-order valence-electron chi connectivity index (χ1n) is 9.24. The van der Waals surface area contributed by atoms with E-state index in [1.807, 2.05) is 36.4 Å². The number of carbonyl (C=O) groups excluding carboxylic acids is 1. The Balaban J connectivity index is 1.59. The van der Waals surface area contributed by atoms with Gasteiger partial charge in [0, 0.05) is 12.7 Å². The molecular formula is C20H23N5O3. The van der Waals surface area contributed by atoms with E-state index in [2.05, 4.69) is 34.3 Å². The smallest absolute Gasteiger partial charge is 0.247 e. The van der Waals surface area contributed by atoms with Gasteiger partial charge in [-0.25, -0.2) is 4.98 Å². The Bertz CT molecular complexity index is 1020. The molecule has 1 aliphatic rings. The second-order valence-corrected chi connectivity index (χ2v) is 7.19. The zero-order valence-corrected chi connectivity index (χ0v) is 16.0. The van der Waals surface area contributed by atoms with Gasteiger partial charge in [-0.05, 0) is 30.2 Å². The summed E-state index contributed by atoms with van der Waals surface area (Å²) in [5.41, 5.74) is 3.28. The quantitative estimate of drug-likeness (QED) is 0.598. The van der Waals surface area contributed by atoms with Crippen LogP contribution in [0.2, 0.25) is 0 Å². The van der Waals surface area contributed by atoms with Crippen LogP contribution in [-0.4, -0.2) is 45.9 Å². The summed E-state index contributed by atoms with van der Waals surface area (Å²) in [6.07, 6.45) is -1.15. The van der Waals surface area contributed by atoms with E-state index in [0.717, 1.165) is 5.69 Å². The zero-order valence-electron chi connectivity index (χ0n) is 16.0. The van der Waals surface area contributed by atoms with E-state index >= 15 is 0 Å². The molecule has 1 amide bonds. The molecule has 1 aliphatic heterocycles. The highest BCUT2D eigenvalue weighted by Gasteiger charge is 2.31. The van der Waals surface area contributed by atoms with Gasteiger partial charge in [0.25, 0.3) is 0 Å². The van der Waals surface area contributed by atoms with E-state index in [0.29, 0.717) is 28.2 Å². The number of ether oxygens (including phenoxy) is 1. The number of aliphatic hydroxyl groups excluding tert-OH is 1. The maximum Gasteiger partial charge on any atom is 0.247 e. The van der Waals surface area contributed by atoms with Gasteiger partial charge < -0.3 is 14.7 Å². The fourth-order valence-corrected chi connectivity index (χ4v) is 3.29. The number of amides is 1. The third-order valence-electron chi connectivity index (χ3n) is 4.93. The highest BCUT2D eigenvalue weighted by molar-refractivity contribution is 5.98. The van der Waals surface area contributed by atoms with Crippen molar-refractivity contribution in [2.75, 3.05) is 18.6 Å². The molecule has 8 heteroatoms. The highest BCUT2D eigenvalue weighted by atomic mass is 16.5. The number of benzene rings is 1. The monoisotopic (exact) mass is 381 g/mol. The van der Waals surface area contributed by atoms with Crippen molar-refractivity contribution in [3.8, 4) is 5.75 Å². The molecule has 4 rings (SSSR count). The molecule has 0 saturated carbocycles. The molecule has 146 valence electrons. The lowest BCUT2D eigenvalue weighted by Crippen LogP contribution is -2.48. The number of aromatic nitrogens is 3. The summed E-state index contributed by atoms with van der Waals surface area (Å²) in [6.45, 7) is 4.21. The third kappa shape index (κ3) is 3.21. The fraction of sp³-hybridized carbons (Fsp3) is 0.350. The van der Waals surface area contributed by atoms with Crippen molar-refractivity contribution in [3.05, 3.63) is 47.8 Å². The lowest BCUT2D eigenvalue weighted by molar-refractivity contribution is -0.121. The number of pyridine rings is 1. The van der Waals surface area contributed by atoms with Gasteiger partial charge in [0.15, 0.2) is 0 Å². The standard InChI is InChI=1S/C20H23N5O3/c1-11(2)12-8-9-13-17(21-12)18(24-23-13)19(26)22-14-10-28-16-7-5-4-6-15(16)25(3)20(14)27/h4-9,11,14,19,22,26H,10H2,1-3H3,(H,23,24)/t14-,19?/m0/s1. The van der Waals surface area contributed by atoms with Crippen LogP contribution in [0.5, 0.6) is 5.75 Å². The van der Waals surface area contributed by atoms with Gasteiger partial charge in [-0.3, -0.25) is 15.2 Å². The van der Waals surface area contributed by atoms with Crippen molar-refractivity contribution in [1.29, 1.82) is 0 Å². The van der Waals surface area contributed by atoms with Crippen molar-refractivity contribution in [2.45, 2.75) is 32.0 Å². The minimum atomic E-state index is -1.15. The summed E-state index contributed by atoms with van der Waals surface area (Å²) in [5.74, 6) is 0.692. The topological polar surface area (TPSA) is 103 Å². The molecule has 0 bridgehead atoms. The SMILES string of the molecule is CC(C)c1ccc2n[nH]c(C(O)N[C@H]3COc4ccccc4N(C)C3=O)c2n1. The number of hydrogen-bond acceptors (Lipinski definition) is 6. The summed E-state index contributed by atoms with van der Waals surface area (Å²) in [7, 11) is 1.69. The van der Waals surface area contributed by atoms with Crippen LogP contribution >= 0.6 is 0 Å². The number of fused-ring (bicyclic) bond motifs is 2. The Labute approximate surface area is 162 Å². The zero-order chi connectivity index (χ0) is 19.8. The number of nitrogens with zero attached hydrogens (tertiary/aromatic N) is 3. The Hall–Kier alpha value is -2.97. The number of carbonyl (C=O) groups is 1.